The van der Waals surface area contributed by atoms with Crippen molar-refractivity contribution in [2.24, 2.45) is 0 Å². The Kier molecular flexibility index (Phi) is 8.30. The first-order chi connectivity index (χ1) is 15.4. The lowest BCUT2D eigenvalue weighted by molar-refractivity contribution is -0.134. The van der Waals surface area contributed by atoms with Crippen molar-refractivity contribution in [2.45, 2.75) is 12.8 Å². The first-order valence-electron chi connectivity index (χ1n) is 10.7. The van der Waals surface area contributed by atoms with Crippen LogP contribution in [-0.4, -0.2) is 76.7 Å². The van der Waals surface area contributed by atoms with E-state index in [1.165, 1.54) is 67.0 Å². The number of aromatic nitrogens is 1. The summed E-state index contributed by atoms with van der Waals surface area (Å²) in [5, 5.41) is 15.6. The fourth-order valence-electron chi connectivity index (χ4n) is 3.87. The lowest BCUT2D eigenvalue weighted by Crippen LogP contribution is -2.44. The van der Waals surface area contributed by atoms with Crippen molar-refractivity contribution < 1.29 is 19.8 Å². The van der Waals surface area contributed by atoms with Crippen LogP contribution in [0.25, 0.3) is 16.7 Å². The molecule has 2 aromatic rings. The largest absolute Gasteiger partial charge is 0.478 e. The molecule has 4 rings (SSSR count). The molecule has 168 valence electrons. The quantitative estimate of drug-likeness (QED) is 0.674. The molecule has 2 heterocycles. The van der Waals surface area contributed by atoms with Crippen molar-refractivity contribution in [2.75, 3.05) is 39.8 Å². The summed E-state index contributed by atoms with van der Waals surface area (Å²) in [6.45, 7) is 6.00. The maximum Gasteiger partial charge on any atom is 0.328 e. The minimum absolute atomic E-state index is 0.558. The first-order valence-corrected chi connectivity index (χ1v) is 10.7. The highest BCUT2D eigenvalue weighted by molar-refractivity contribution is 5.89. The second-order valence-electron chi connectivity index (χ2n) is 7.95. The minimum Gasteiger partial charge on any atom is -0.478 e. The van der Waals surface area contributed by atoms with Crippen molar-refractivity contribution in [1.29, 1.82) is 0 Å². The summed E-state index contributed by atoms with van der Waals surface area (Å²) in [6.07, 6.45) is 9.52. The van der Waals surface area contributed by atoms with Gasteiger partial charge in [0.25, 0.3) is 0 Å². The van der Waals surface area contributed by atoms with Crippen molar-refractivity contribution in [3.63, 3.8) is 0 Å². The van der Waals surface area contributed by atoms with Crippen molar-refractivity contribution in [1.82, 2.24) is 14.8 Å². The highest BCUT2D eigenvalue weighted by Crippen LogP contribution is 2.33. The standard InChI is InChI=1S/C21H25N3.C4H4O4/c1-23-12-14-24(15-13-23)11-8-18-2-3-20-16-19(4-5-21(18)20)17-6-9-22-10-7-17;5-3(6)1-2-4(7)8/h2,4-7,9-10,16H,3,8,11-15H2,1H3;1-2H,(H,5,6)(H,7,8)/b;2-1-. The monoisotopic (exact) mass is 435 g/mol. The van der Waals surface area contributed by atoms with Crippen LogP contribution in [0.2, 0.25) is 0 Å². The zero-order chi connectivity index (χ0) is 22.9. The van der Waals surface area contributed by atoms with Crippen LogP contribution in [-0.2, 0) is 16.0 Å². The van der Waals surface area contributed by atoms with Gasteiger partial charge in [-0.25, -0.2) is 9.59 Å². The molecule has 1 aromatic heterocycles. The third-order valence-electron chi connectivity index (χ3n) is 5.69. The molecule has 0 radical (unpaired) electrons. The van der Waals surface area contributed by atoms with Gasteiger partial charge in [0.1, 0.15) is 0 Å². The topological polar surface area (TPSA) is 94.0 Å². The number of allylic oxidation sites excluding steroid dienone is 1. The van der Waals surface area contributed by atoms with Gasteiger partial charge in [-0.2, -0.15) is 0 Å². The number of likely N-dealkylation sites (N-methyl/N-ethyl adjacent to an activating group) is 1. The molecule has 0 bridgehead atoms. The Morgan fingerprint density at radius 1 is 0.969 bits per heavy atom. The van der Waals surface area contributed by atoms with Gasteiger partial charge in [-0.05, 0) is 59.8 Å². The van der Waals surface area contributed by atoms with Gasteiger partial charge < -0.3 is 20.0 Å². The Balaban J connectivity index is 0.000000312. The molecule has 2 N–H and O–H groups in total. The Morgan fingerprint density at radius 2 is 1.62 bits per heavy atom. The molecule has 0 spiro atoms. The first kappa shape index (κ1) is 23.4. The van der Waals surface area contributed by atoms with Gasteiger partial charge in [0.2, 0.25) is 0 Å². The number of benzene rings is 1. The van der Waals surface area contributed by atoms with Gasteiger partial charge in [-0.3, -0.25) is 4.98 Å². The number of carbonyl (C=O) groups is 2. The van der Waals surface area contributed by atoms with Crippen LogP contribution in [0.3, 0.4) is 0 Å². The molecule has 1 aliphatic heterocycles. The fourth-order valence-corrected chi connectivity index (χ4v) is 3.87. The highest BCUT2D eigenvalue weighted by atomic mass is 16.4. The van der Waals surface area contributed by atoms with E-state index in [0.29, 0.717) is 12.2 Å². The van der Waals surface area contributed by atoms with E-state index in [-0.39, 0.29) is 0 Å². The van der Waals surface area contributed by atoms with Crippen LogP contribution in [0, 0.1) is 0 Å². The summed E-state index contributed by atoms with van der Waals surface area (Å²) >= 11 is 0. The Labute approximate surface area is 188 Å². The smallest absolute Gasteiger partial charge is 0.328 e. The molecule has 1 aromatic carbocycles. The van der Waals surface area contributed by atoms with Crippen LogP contribution in [0.1, 0.15) is 17.5 Å². The van der Waals surface area contributed by atoms with Crippen LogP contribution in [0.5, 0.6) is 0 Å². The zero-order valence-corrected chi connectivity index (χ0v) is 18.3. The number of hydrogen-bond donors (Lipinski definition) is 2. The number of piperazine rings is 1. The summed E-state index contributed by atoms with van der Waals surface area (Å²) in [7, 11) is 2.22. The number of carboxylic acid groups (broad SMARTS) is 2. The molecule has 0 atom stereocenters. The molecule has 1 fully saturated rings. The van der Waals surface area contributed by atoms with E-state index in [0.717, 1.165) is 6.42 Å². The second kappa shape index (κ2) is 11.4. The molecule has 7 heteroatoms. The number of fused-ring (bicyclic) bond motifs is 1. The summed E-state index contributed by atoms with van der Waals surface area (Å²) in [5.74, 6) is -2.51. The van der Waals surface area contributed by atoms with Crippen molar-refractivity contribution in [3.05, 3.63) is 72.1 Å². The van der Waals surface area contributed by atoms with E-state index in [4.69, 9.17) is 10.2 Å². The van der Waals surface area contributed by atoms with E-state index >= 15 is 0 Å². The minimum atomic E-state index is -1.26. The lowest BCUT2D eigenvalue weighted by Gasteiger charge is -2.32. The van der Waals surface area contributed by atoms with Crippen LogP contribution >= 0.6 is 0 Å². The molecule has 0 unspecified atom stereocenters. The van der Waals surface area contributed by atoms with Gasteiger partial charge >= 0.3 is 11.9 Å². The third kappa shape index (κ3) is 6.87. The SMILES string of the molecule is CN1CCN(CCC2=CCc3cc(-c4ccncc4)ccc32)CC1.O=C(O)/C=C\C(=O)O. The van der Waals surface area contributed by atoms with E-state index in [2.05, 4.69) is 58.2 Å². The Bertz CT molecular complexity index is 978. The lowest BCUT2D eigenvalue weighted by atomic mass is 9.98. The van der Waals surface area contributed by atoms with E-state index < -0.39 is 11.9 Å². The predicted octanol–water partition coefficient (Wildman–Crippen LogP) is 3.04. The van der Waals surface area contributed by atoms with Gasteiger partial charge in [0, 0.05) is 57.3 Å². The summed E-state index contributed by atoms with van der Waals surface area (Å²) in [6, 6.07) is 11.1. The van der Waals surface area contributed by atoms with Gasteiger partial charge in [-0.1, -0.05) is 24.3 Å². The number of aliphatic carboxylic acids is 2. The second-order valence-corrected chi connectivity index (χ2v) is 7.95. The number of nitrogens with zero attached hydrogens (tertiary/aromatic N) is 3. The summed E-state index contributed by atoms with van der Waals surface area (Å²) < 4.78 is 0. The number of pyridine rings is 1. The van der Waals surface area contributed by atoms with Gasteiger partial charge in [0.15, 0.2) is 0 Å². The van der Waals surface area contributed by atoms with E-state index in [9.17, 15) is 9.59 Å². The highest BCUT2D eigenvalue weighted by Gasteiger charge is 2.18. The Hall–Kier alpha value is -3.29. The molecule has 1 aliphatic carbocycles. The molecule has 7 nitrogen and oxygen atoms in total. The summed E-state index contributed by atoms with van der Waals surface area (Å²) in [4.78, 5) is 28.2. The molecule has 0 saturated carbocycles. The average molecular weight is 436 g/mol. The molecule has 1 saturated heterocycles. The maximum atomic E-state index is 9.55. The van der Waals surface area contributed by atoms with Crippen LogP contribution < -0.4 is 0 Å². The van der Waals surface area contributed by atoms with Gasteiger partial charge in [0.05, 0.1) is 0 Å². The van der Waals surface area contributed by atoms with E-state index in [1.807, 2.05) is 12.4 Å². The molecule has 32 heavy (non-hydrogen) atoms. The number of hydrogen-bond acceptors (Lipinski definition) is 5. The average Bonchev–Trinajstić information content (AvgIpc) is 3.20. The summed E-state index contributed by atoms with van der Waals surface area (Å²) in [5.41, 5.74) is 7.01. The van der Waals surface area contributed by atoms with Crippen molar-refractivity contribution in [3.8, 4) is 11.1 Å². The van der Waals surface area contributed by atoms with Crippen molar-refractivity contribution >= 4 is 17.5 Å². The molecule has 2 aliphatic rings. The van der Waals surface area contributed by atoms with Crippen LogP contribution in [0.15, 0.2) is 61.0 Å². The van der Waals surface area contributed by atoms with Crippen LogP contribution in [0.4, 0.5) is 0 Å². The predicted molar refractivity (Wildman–Crippen MR) is 124 cm³/mol. The third-order valence-corrected chi connectivity index (χ3v) is 5.69. The number of carboxylic acids is 2. The normalized spacial score (nSPS) is 16.2. The number of rotatable bonds is 6. The van der Waals surface area contributed by atoms with Gasteiger partial charge in [-0.15, -0.1) is 0 Å². The molecular formula is C25H29N3O4. The van der Waals surface area contributed by atoms with E-state index in [1.54, 1.807) is 0 Å². The molecular weight excluding hydrogens is 406 g/mol. The molecule has 0 amide bonds. The Morgan fingerprint density at radius 3 is 2.25 bits per heavy atom. The fraction of sp³-hybridized carbons (Fsp3) is 0.320. The zero-order valence-electron chi connectivity index (χ0n) is 18.3. The maximum absolute atomic E-state index is 9.55.